The Morgan fingerprint density at radius 1 is 1.45 bits per heavy atom. The molecule has 0 spiro atoms. The number of hydrogen-bond acceptors (Lipinski definition) is 1. The van der Waals surface area contributed by atoms with Gasteiger partial charge in [0.2, 0.25) is 0 Å². The minimum atomic E-state index is 0.724. The standard InChI is InChI=1S/C10H21N/c1-4-6-9-7-10(9)11-8(3)5-2/h8-11H,4-7H2,1-3H3. The second kappa shape index (κ2) is 4.10. The smallest absolute Gasteiger partial charge is 0.0102 e. The van der Waals surface area contributed by atoms with Gasteiger partial charge < -0.3 is 5.32 Å². The van der Waals surface area contributed by atoms with Gasteiger partial charge in [0.25, 0.3) is 0 Å². The minimum absolute atomic E-state index is 0.724. The molecule has 1 fully saturated rings. The Bertz CT molecular complexity index is 111. The largest absolute Gasteiger partial charge is 0.311 e. The molecule has 11 heavy (non-hydrogen) atoms. The van der Waals surface area contributed by atoms with Gasteiger partial charge in [0, 0.05) is 12.1 Å². The van der Waals surface area contributed by atoms with Gasteiger partial charge >= 0.3 is 0 Å². The third-order valence-electron chi connectivity index (χ3n) is 2.69. The molecule has 1 nitrogen and oxygen atoms in total. The van der Waals surface area contributed by atoms with Crippen LogP contribution >= 0.6 is 0 Å². The quantitative estimate of drug-likeness (QED) is 0.643. The fourth-order valence-corrected chi connectivity index (χ4v) is 1.62. The summed E-state index contributed by atoms with van der Waals surface area (Å²) in [6.45, 7) is 6.80. The predicted molar refractivity (Wildman–Crippen MR) is 49.7 cm³/mol. The summed E-state index contributed by atoms with van der Waals surface area (Å²) >= 11 is 0. The van der Waals surface area contributed by atoms with Crippen molar-refractivity contribution in [1.29, 1.82) is 0 Å². The average molecular weight is 155 g/mol. The third kappa shape index (κ3) is 2.82. The fourth-order valence-electron chi connectivity index (χ4n) is 1.62. The molecular weight excluding hydrogens is 134 g/mol. The van der Waals surface area contributed by atoms with Gasteiger partial charge in [-0.25, -0.2) is 0 Å². The van der Waals surface area contributed by atoms with Gasteiger partial charge in [0.15, 0.2) is 0 Å². The lowest BCUT2D eigenvalue weighted by Gasteiger charge is -2.10. The summed E-state index contributed by atoms with van der Waals surface area (Å²) in [5.41, 5.74) is 0. The molecule has 1 aliphatic carbocycles. The molecule has 1 saturated carbocycles. The maximum atomic E-state index is 3.64. The Hall–Kier alpha value is -0.0400. The molecule has 0 aliphatic heterocycles. The molecule has 0 amide bonds. The van der Waals surface area contributed by atoms with E-state index in [4.69, 9.17) is 0 Å². The van der Waals surface area contributed by atoms with Gasteiger partial charge in [0.05, 0.1) is 0 Å². The Labute approximate surface area is 70.6 Å². The molecule has 3 unspecified atom stereocenters. The van der Waals surface area contributed by atoms with Crippen molar-refractivity contribution in [2.75, 3.05) is 0 Å². The van der Waals surface area contributed by atoms with Crippen molar-refractivity contribution in [2.45, 2.75) is 58.5 Å². The lowest BCUT2D eigenvalue weighted by molar-refractivity contribution is 0.502. The third-order valence-corrected chi connectivity index (χ3v) is 2.69. The summed E-state index contributed by atoms with van der Waals surface area (Å²) in [7, 11) is 0. The number of nitrogens with one attached hydrogen (secondary N) is 1. The molecule has 0 bridgehead atoms. The summed E-state index contributed by atoms with van der Waals surface area (Å²) in [6, 6.07) is 1.59. The monoisotopic (exact) mass is 155 g/mol. The molecule has 0 aromatic carbocycles. The highest BCUT2D eigenvalue weighted by Gasteiger charge is 2.35. The normalized spacial score (nSPS) is 31.9. The molecule has 1 N–H and O–H groups in total. The van der Waals surface area contributed by atoms with E-state index >= 15 is 0 Å². The zero-order valence-electron chi connectivity index (χ0n) is 8.06. The highest BCUT2D eigenvalue weighted by atomic mass is 15.0. The summed E-state index contributed by atoms with van der Waals surface area (Å²) in [6.07, 6.45) is 5.46. The predicted octanol–water partition coefficient (Wildman–Crippen LogP) is 2.56. The van der Waals surface area contributed by atoms with Crippen molar-refractivity contribution in [1.82, 2.24) is 5.32 Å². The fraction of sp³-hybridized carbons (Fsp3) is 1.00. The van der Waals surface area contributed by atoms with Crippen LogP contribution in [0, 0.1) is 5.92 Å². The van der Waals surface area contributed by atoms with E-state index in [0.717, 1.165) is 18.0 Å². The van der Waals surface area contributed by atoms with Crippen LogP contribution in [0.1, 0.15) is 46.5 Å². The average Bonchev–Trinajstić information content (AvgIpc) is 2.69. The molecule has 1 rings (SSSR count). The van der Waals surface area contributed by atoms with Crippen molar-refractivity contribution < 1.29 is 0 Å². The van der Waals surface area contributed by atoms with Crippen molar-refractivity contribution in [3.05, 3.63) is 0 Å². The van der Waals surface area contributed by atoms with Crippen LogP contribution in [0.5, 0.6) is 0 Å². The summed E-state index contributed by atoms with van der Waals surface area (Å²) < 4.78 is 0. The van der Waals surface area contributed by atoms with Crippen molar-refractivity contribution >= 4 is 0 Å². The van der Waals surface area contributed by atoms with E-state index in [1.807, 2.05) is 0 Å². The lowest BCUT2D eigenvalue weighted by Crippen LogP contribution is -2.28. The molecule has 3 atom stereocenters. The molecule has 0 heterocycles. The first kappa shape index (κ1) is 9.05. The molecule has 0 aromatic heterocycles. The van der Waals surface area contributed by atoms with E-state index in [-0.39, 0.29) is 0 Å². The Balaban J connectivity index is 2.03. The highest BCUT2D eigenvalue weighted by molar-refractivity contribution is 4.93. The second-order valence-corrected chi connectivity index (χ2v) is 3.87. The Morgan fingerprint density at radius 2 is 2.18 bits per heavy atom. The van der Waals surface area contributed by atoms with Gasteiger partial charge in [-0.05, 0) is 32.1 Å². The van der Waals surface area contributed by atoms with E-state index in [2.05, 4.69) is 26.1 Å². The zero-order valence-corrected chi connectivity index (χ0v) is 8.06. The number of rotatable bonds is 5. The first-order valence-corrected chi connectivity index (χ1v) is 5.04. The second-order valence-electron chi connectivity index (χ2n) is 3.87. The SMILES string of the molecule is CCCC1CC1NC(C)CC. The van der Waals surface area contributed by atoms with Crippen LogP contribution in [-0.4, -0.2) is 12.1 Å². The lowest BCUT2D eigenvalue weighted by atomic mass is 10.2. The van der Waals surface area contributed by atoms with Crippen LogP contribution < -0.4 is 5.32 Å². The summed E-state index contributed by atoms with van der Waals surface area (Å²) in [5.74, 6) is 1.01. The van der Waals surface area contributed by atoms with Gasteiger partial charge in [-0.1, -0.05) is 20.3 Å². The molecule has 0 radical (unpaired) electrons. The van der Waals surface area contributed by atoms with E-state index in [9.17, 15) is 0 Å². The molecular formula is C10H21N. The molecule has 0 aromatic rings. The van der Waals surface area contributed by atoms with Crippen molar-refractivity contribution in [3.8, 4) is 0 Å². The van der Waals surface area contributed by atoms with Crippen LogP contribution in [0.25, 0.3) is 0 Å². The zero-order chi connectivity index (χ0) is 8.27. The van der Waals surface area contributed by atoms with E-state index in [1.165, 1.54) is 25.7 Å². The first-order valence-electron chi connectivity index (χ1n) is 5.04. The topological polar surface area (TPSA) is 12.0 Å². The van der Waals surface area contributed by atoms with Crippen LogP contribution in [-0.2, 0) is 0 Å². The molecule has 1 aliphatic rings. The van der Waals surface area contributed by atoms with Crippen molar-refractivity contribution in [2.24, 2.45) is 5.92 Å². The molecule has 0 saturated heterocycles. The molecule has 66 valence electrons. The first-order chi connectivity index (χ1) is 5.27. The van der Waals surface area contributed by atoms with E-state index in [0.29, 0.717) is 0 Å². The summed E-state index contributed by atoms with van der Waals surface area (Å²) in [4.78, 5) is 0. The van der Waals surface area contributed by atoms with Gasteiger partial charge in [0.1, 0.15) is 0 Å². The van der Waals surface area contributed by atoms with E-state index < -0.39 is 0 Å². The Kier molecular flexibility index (Phi) is 3.38. The van der Waals surface area contributed by atoms with Crippen molar-refractivity contribution in [3.63, 3.8) is 0 Å². The Morgan fingerprint density at radius 3 is 2.73 bits per heavy atom. The minimum Gasteiger partial charge on any atom is -0.311 e. The van der Waals surface area contributed by atoms with E-state index in [1.54, 1.807) is 0 Å². The van der Waals surface area contributed by atoms with Crippen LogP contribution in [0.15, 0.2) is 0 Å². The maximum absolute atomic E-state index is 3.64. The summed E-state index contributed by atoms with van der Waals surface area (Å²) in [5, 5.41) is 3.64. The van der Waals surface area contributed by atoms with Gasteiger partial charge in [-0.15, -0.1) is 0 Å². The highest BCUT2D eigenvalue weighted by Crippen LogP contribution is 2.34. The van der Waals surface area contributed by atoms with Gasteiger partial charge in [-0.2, -0.15) is 0 Å². The van der Waals surface area contributed by atoms with Gasteiger partial charge in [-0.3, -0.25) is 0 Å². The number of hydrogen-bond donors (Lipinski definition) is 1. The maximum Gasteiger partial charge on any atom is 0.0102 e. The van der Waals surface area contributed by atoms with Crippen LogP contribution in [0.3, 0.4) is 0 Å². The molecule has 1 heteroatoms. The van der Waals surface area contributed by atoms with Crippen LogP contribution in [0.2, 0.25) is 0 Å². The van der Waals surface area contributed by atoms with Crippen LogP contribution in [0.4, 0.5) is 0 Å².